The molecule has 1 heterocycles. The van der Waals surface area contributed by atoms with Crippen LogP contribution in [0.3, 0.4) is 0 Å². The lowest BCUT2D eigenvalue weighted by Crippen LogP contribution is -2.44. The molecule has 1 aromatic carbocycles. The molecule has 0 bridgehead atoms. The third-order valence-electron chi connectivity index (χ3n) is 4.65. The van der Waals surface area contributed by atoms with Gasteiger partial charge < -0.3 is 10.4 Å². The zero-order chi connectivity index (χ0) is 17.8. The van der Waals surface area contributed by atoms with Crippen molar-refractivity contribution in [3.05, 3.63) is 34.1 Å². The summed E-state index contributed by atoms with van der Waals surface area (Å²) < 4.78 is 2.06. The lowest BCUT2D eigenvalue weighted by atomic mass is 9.85. The molecular weight excluding hydrogens is 360 g/mol. The van der Waals surface area contributed by atoms with E-state index in [4.69, 9.17) is 23.8 Å². The fourth-order valence-corrected chi connectivity index (χ4v) is 3.62. The molecule has 0 spiro atoms. The Balaban J connectivity index is 1.74. The van der Waals surface area contributed by atoms with Gasteiger partial charge in [-0.1, -0.05) is 24.4 Å². The lowest BCUT2D eigenvalue weighted by molar-refractivity contribution is -0.123. The van der Waals surface area contributed by atoms with Crippen LogP contribution >= 0.6 is 23.8 Å². The minimum Gasteiger partial charge on any atom is -0.396 e. The van der Waals surface area contributed by atoms with E-state index < -0.39 is 0 Å². The Labute approximate surface area is 156 Å². The van der Waals surface area contributed by atoms with Crippen LogP contribution in [0.4, 0.5) is 0 Å². The van der Waals surface area contributed by atoms with E-state index in [0.717, 1.165) is 31.2 Å². The molecule has 2 atom stereocenters. The maximum atomic E-state index is 12.5. The Morgan fingerprint density at radius 1 is 1.36 bits per heavy atom. The third-order valence-corrected chi connectivity index (χ3v) is 5.22. The second-order valence-electron chi connectivity index (χ2n) is 6.35. The molecular formula is C17H21ClN4O2S. The largest absolute Gasteiger partial charge is 0.396 e. The van der Waals surface area contributed by atoms with Crippen LogP contribution < -0.4 is 5.32 Å². The number of carbonyl (C=O) groups excluding carboxylic acids is 1. The summed E-state index contributed by atoms with van der Waals surface area (Å²) in [6.45, 7) is 0.189. The van der Waals surface area contributed by atoms with Gasteiger partial charge in [0.05, 0.1) is 0 Å². The topological polar surface area (TPSA) is 82.9 Å². The number of H-pyrrole nitrogens is 1. The van der Waals surface area contributed by atoms with Crippen molar-refractivity contribution in [1.82, 2.24) is 20.1 Å². The first kappa shape index (κ1) is 18.1. The highest BCUT2D eigenvalue weighted by Gasteiger charge is 2.26. The second-order valence-corrected chi connectivity index (χ2v) is 7.17. The number of nitrogens with zero attached hydrogens (tertiary/aromatic N) is 2. The van der Waals surface area contributed by atoms with Gasteiger partial charge in [0, 0.05) is 29.2 Å². The van der Waals surface area contributed by atoms with E-state index in [1.54, 1.807) is 16.7 Å². The number of benzene rings is 1. The van der Waals surface area contributed by atoms with Crippen LogP contribution in [0.5, 0.6) is 0 Å². The fourth-order valence-electron chi connectivity index (χ4n) is 3.30. The van der Waals surface area contributed by atoms with Crippen molar-refractivity contribution < 1.29 is 9.90 Å². The summed E-state index contributed by atoms with van der Waals surface area (Å²) in [5, 5.41) is 20.1. The zero-order valence-corrected chi connectivity index (χ0v) is 15.3. The van der Waals surface area contributed by atoms with Crippen molar-refractivity contribution >= 4 is 29.7 Å². The number of aliphatic hydroxyl groups is 1. The number of aromatic amines is 1. The van der Waals surface area contributed by atoms with Crippen molar-refractivity contribution in [3.8, 4) is 11.4 Å². The Kier molecular flexibility index (Phi) is 5.88. The van der Waals surface area contributed by atoms with Crippen LogP contribution in [0.2, 0.25) is 5.02 Å². The van der Waals surface area contributed by atoms with E-state index >= 15 is 0 Å². The number of aliphatic hydroxyl groups excluding tert-OH is 1. The average Bonchev–Trinajstić information content (AvgIpc) is 2.97. The van der Waals surface area contributed by atoms with Crippen LogP contribution in [0.1, 0.15) is 25.7 Å². The molecule has 1 fully saturated rings. The number of halogens is 1. The number of carbonyl (C=O) groups is 1. The van der Waals surface area contributed by atoms with Gasteiger partial charge in [-0.3, -0.25) is 14.5 Å². The van der Waals surface area contributed by atoms with E-state index in [1.807, 2.05) is 12.1 Å². The third kappa shape index (κ3) is 4.29. The lowest BCUT2D eigenvalue weighted by Gasteiger charge is -2.30. The van der Waals surface area contributed by atoms with Gasteiger partial charge in [0.15, 0.2) is 10.6 Å². The molecule has 0 saturated heterocycles. The van der Waals surface area contributed by atoms with Gasteiger partial charge in [-0.2, -0.15) is 5.10 Å². The van der Waals surface area contributed by atoms with Crippen molar-refractivity contribution in [3.63, 3.8) is 0 Å². The van der Waals surface area contributed by atoms with Crippen molar-refractivity contribution in [2.45, 2.75) is 38.3 Å². The van der Waals surface area contributed by atoms with Crippen molar-refractivity contribution in [2.24, 2.45) is 5.92 Å². The highest BCUT2D eigenvalue weighted by molar-refractivity contribution is 7.71. The average molecular weight is 381 g/mol. The molecule has 6 nitrogen and oxygen atoms in total. The summed E-state index contributed by atoms with van der Waals surface area (Å²) in [4.78, 5) is 12.5. The highest BCUT2D eigenvalue weighted by atomic mass is 35.5. The molecule has 134 valence electrons. The zero-order valence-electron chi connectivity index (χ0n) is 13.7. The van der Waals surface area contributed by atoms with E-state index in [-0.39, 0.29) is 31.0 Å². The summed E-state index contributed by atoms with van der Waals surface area (Å²) in [5.74, 6) is 0.600. The van der Waals surface area contributed by atoms with Gasteiger partial charge in [-0.15, -0.1) is 0 Å². The predicted molar refractivity (Wildman–Crippen MR) is 98.8 cm³/mol. The van der Waals surface area contributed by atoms with Gasteiger partial charge in [0.25, 0.3) is 0 Å². The smallest absolute Gasteiger partial charge is 0.240 e. The molecule has 1 aromatic heterocycles. The maximum absolute atomic E-state index is 12.5. The summed E-state index contributed by atoms with van der Waals surface area (Å²) in [6, 6.07) is 7.24. The fraction of sp³-hybridized carbons (Fsp3) is 0.471. The van der Waals surface area contributed by atoms with Gasteiger partial charge >= 0.3 is 0 Å². The Bertz CT molecular complexity index is 787. The molecule has 0 radical (unpaired) electrons. The molecule has 3 N–H and O–H groups in total. The molecule has 2 aromatic rings. The number of nitrogens with one attached hydrogen (secondary N) is 2. The van der Waals surface area contributed by atoms with E-state index in [1.165, 1.54) is 0 Å². The van der Waals surface area contributed by atoms with Gasteiger partial charge in [0.1, 0.15) is 6.54 Å². The minimum atomic E-state index is -0.127. The van der Waals surface area contributed by atoms with E-state index in [9.17, 15) is 9.90 Å². The molecule has 3 rings (SSSR count). The Morgan fingerprint density at radius 3 is 2.80 bits per heavy atom. The van der Waals surface area contributed by atoms with Crippen molar-refractivity contribution in [2.75, 3.05) is 6.61 Å². The quantitative estimate of drug-likeness (QED) is 0.696. The van der Waals surface area contributed by atoms with Gasteiger partial charge in [-0.25, -0.2) is 0 Å². The number of hydrogen-bond donors (Lipinski definition) is 3. The van der Waals surface area contributed by atoms with Crippen LogP contribution in [0.15, 0.2) is 24.3 Å². The highest BCUT2D eigenvalue weighted by Crippen LogP contribution is 2.24. The van der Waals surface area contributed by atoms with Gasteiger partial charge in [-0.05, 0) is 49.3 Å². The first-order chi connectivity index (χ1) is 12.1. The monoisotopic (exact) mass is 380 g/mol. The first-order valence-corrected chi connectivity index (χ1v) is 9.18. The summed E-state index contributed by atoms with van der Waals surface area (Å²) in [7, 11) is 0. The van der Waals surface area contributed by atoms with Crippen LogP contribution in [0.25, 0.3) is 11.4 Å². The van der Waals surface area contributed by atoms with Crippen LogP contribution in [-0.2, 0) is 11.3 Å². The molecule has 1 amide bonds. The standard InChI is InChI=1S/C17H21ClN4O2S/c18-13-7-5-11(6-8-13)16-20-21-17(25)22(16)9-15(24)19-14-4-2-1-3-12(14)10-23/h5-8,12,14,23H,1-4,9-10H2,(H,19,24)(H,21,25). The molecule has 1 aliphatic rings. The molecule has 25 heavy (non-hydrogen) atoms. The SMILES string of the molecule is O=C(Cn1c(-c2ccc(Cl)cc2)n[nH]c1=S)NC1CCCCC1CO. The Hall–Kier alpha value is -1.70. The van der Waals surface area contributed by atoms with Gasteiger partial charge in [0.2, 0.25) is 5.91 Å². The molecule has 0 aliphatic heterocycles. The normalized spacial score (nSPS) is 20.4. The maximum Gasteiger partial charge on any atom is 0.240 e. The molecule has 2 unspecified atom stereocenters. The predicted octanol–water partition coefficient (Wildman–Crippen LogP) is 2.93. The first-order valence-electron chi connectivity index (χ1n) is 8.40. The minimum absolute atomic E-state index is 0.0197. The van der Waals surface area contributed by atoms with E-state index in [0.29, 0.717) is 15.6 Å². The summed E-state index contributed by atoms with van der Waals surface area (Å²) >= 11 is 11.2. The number of rotatable bonds is 5. The number of hydrogen-bond acceptors (Lipinski definition) is 4. The van der Waals surface area contributed by atoms with Crippen LogP contribution in [0, 0.1) is 10.7 Å². The summed E-state index contributed by atoms with van der Waals surface area (Å²) in [5.41, 5.74) is 0.829. The molecule has 1 aliphatic carbocycles. The van der Waals surface area contributed by atoms with Crippen molar-refractivity contribution in [1.29, 1.82) is 0 Å². The number of amides is 1. The molecule has 1 saturated carbocycles. The Morgan fingerprint density at radius 2 is 2.08 bits per heavy atom. The van der Waals surface area contributed by atoms with Crippen LogP contribution in [-0.4, -0.2) is 38.4 Å². The molecule has 8 heteroatoms. The van der Waals surface area contributed by atoms with E-state index in [2.05, 4.69) is 15.5 Å². The second kappa shape index (κ2) is 8.12. The number of aromatic nitrogens is 3. The summed E-state index contributed by atoms with van der Waals surface area (Å²) in [6.07, 6.45) is 4.02.